The van der Waals surface area contributed by atoms with Gasteiger partial charge in [0.1, 0.15) is 0 Å². The molecule has 2 heterocycles. The van der Waals surface area contributed by atoms with Crippen LogP contribution in [-0.2, 0) is 4.79 Å². The predicted octanol–water partition coefficient (Wildman–Crippen LogP) is 1.31. The van der Waals surface area contributed by atoms with Gasteiger partial charge in [0.05, 0.1) is 6.54 Å². The summed E-state index contributed by atoms with van der Waals surface area (Å²) in [5.41, 5.74) is 0.880. The minimum atomic E-state index is 0.0961. The molecule has 102 valence electrons. The van der Waals surface area contributed by atoms with Crippen molar-refractivity contribution in [2.45, 2.75) is 18.9 Å². The van der Waals surface area contributed by atoms with E-state index in [4.69, 9.17) is 0 Å². The minimum absolute atomic E-state index is 0.0961. The molecule has 0 saturated carbocycles. The number of hydrogen-bond donors (Lipinski definition) is 2. The molecule has 2 aliphatic rings. The Bertz CT molecular complexity index is 434. The molecule has 1 aromatic rings. The molecular formula is C15H21N3O. The number of anilines is 1. The second kappa shape index (κ2) is 5.72. The van der Waals surface area contributed by atoms with Gasteiger partial charge in [-0.1, -0.05) is 18.2 Å². The molecule has 2 fully saturated rings. The topological polar surface area (TPSA) is 44.4 Å². The van der Waals surface area contributed by atoms with Crippen molar-refractivity contribution in [3.63, 3.8) is 0 Å². The number of hydrogen-bond acceptors (Lipinski definition) is 3. The van der Waals surface area contributed by atoms with Crippen molar-refractivity contribution in [1.29, 1.82) is 0 Å². The van der Waals surface area contributed by atoms with Crippen molar-refractivity contribution in [3.05, 3.63) is 30.3 Å². The third-order valence-corrected chi connectivity index (χ3v) is 4.20. The Labute approximate surface area is 114 Å². The van der Waals surface area contributed by atoms with Gasteiger partial charge in [0.25, 0.3) is 0 Å². The molecular weight excluding hydrogens is 238 g/mol. The zero-order valence-electron chi connectivity index (χ0n) is 11.1. The summed E-state index contributed by atoms with van der Waals surface area (Å²) >= 11 is 0. The van der Waals surface area contributed by atoms with Gasteiger partial charge in [0, 0.05) is 18.3 Å². The van der Waals surface area contributed by atoms with Crippen molar-refractivity contribution in [2.24, 2.45) is 5.92 Å². The van der Waals surface area contributed by atoms with E-state index in [-0.39, 0.29) is 5.91 Å². The van der Waals surface area contributed by atoms with E-state index < -0.39 is 0 Å². The lowest BCUT2D eigenvalue weighted by atomic mass is 9.92. The van der Waals surface area contributed by atoms with Crippen LogP contribution in [0.25, 0.3) is 0 Å². The maximum Gasteiger partial charge on any atom is 0.238 e. The average Bonchev–Trinajstić information content (AvgIpc) is 2.89. The van der Waals surface area contributed by atoms with Crippen LogP contribution >= 0.6 is 0 Å². The highest BCUT2D eigenvalue weighted by atomic mass is 16.2. The first-order valence-electron chi connectivity index (χ1n) is 7.12. The summed E-state index contributed by atoms with van der Waals surface area (Å²) in [4.78, 5) is 14.4. The van der Waals surface area contributed by atoms with Crippen LogP contribution in [0.5, 0.6) is 0 Å². The monoisotopic (exact) mass is 259 g/mol. The molecule has 2 aliphatic heterocycles. The fourth-order valence-corrected chi connectivity index (χ4v) is 3.27. The first kappa shape index (κ1) is 12.6. The second-order valence-electron chi connectivity index (χ2n) is 5.51. The van der Waals surface area contributed by atoms with E-state index in [9.17, 15) is 4.79 Å². The molecule has 0 spiro atoms. The molecule has 0 radical (unpaired) electrons. The lowest BCUT2D eigenvalue weighted by Gasteiger charge is -2.36. The highest BCUT2D eigenvalue weighted by molar-refractivity contribution is 5.92. The van der Waals surface area contributed by atoms with Gasteiger partial charge in [0.2, 0.25) is 5.91 Å². The molecule has 2 atom stereocenters. The number of nitrogens with zero attached hydrogens (tertiary/aromatic N) is 1. The number of piperidine rings is 1. The van der Waals surface area contributed by atoms with Crippen LogP contribution in [0.15, 0.2) is 30.3 Å². The summed E-state index contributed by atoms with van der Waals surface area (Å²) in [5, 5.41) is 6.41. The van der Waals surface area contributed by atoms with E-state index in [1.807, 2.05) is 30.3 Å². The molecule has 4 nitrogen and oxygen atoms in total. The van der Waals surface area contributed by atoms with Crippen LogP contribution in [0.3, 0.4) is 0 Å². The van der Waals surface area contributed by atoms with Crippen LogP contribution in [0.1, 0.15) is 12.8 Å². The Morgan fingerprint density at radius 1 is 1.32 bits per heavy atom. The van der Waals surface area contributed by atoms with E-state index in [2.05, 4.69) is 15.5 Å². The number of nitrogens with one attached hydrogen (secondary N) is 2. The lowest BCUT2D eigenvalue weighted by molar-refractivity contribution is -0.118. The van der Waals surface area contributed by atoms with Crippen molar-refractivity contribution in [2.75, 3.05) is 31.5 Å². The van der Waals surface area contributed by atoms with Crippen LogP contribution in [0, 0.1) is 5.92 Å². The Morgan fingerprint density at radius 3 is 3.00 bits per heavy atom. The Hall–Kier alpha value is -1.39. The Kier molecular flexibility index (Phi) is 3.80. The summed E-state index contributed by atoms with van der Waals surface area (Å²) < 4.78 is 0. The number of para-hydroxylation sites is 1. The van der Waals surface area contributed by atoms with Crippen molar-refractivity contribution < 1.29 is 4.79 Å². The Balaban J connectivity index is 1.57. The molecule has 0 aliphatic carbocycles. The molecule has 0 aromatic heterocycles. The van der Waals surface area contributed by atoms with Gasteiger partial charge in [-0.25, -0.2) is 0 Å². The zero-order chi connectivity index (χ0) is 13.1. The molecule has 2 unspecified atom stereocenters. The fraction of sp³-hybridized carbons (Fsp3) is 0.533. The van der Waals surface area contributed by atoms with Gasteiger partial charge < -0.3 is 10.6 Å². The van der Waals surface area contributed by atoms with Crippen LogP contribution in [0.4, 0.5) is 5.69 Å². The molecule has 3 rings (SSSR count). The highest BCUT2D eigenvalue weighted by Crippen LogP contribution is 2.26. The van der Waals surface area contributed by atoms with Crippen molar-refractivity contribution in [3.8, 4) is 0 Å². The van der Waals surface area contributed by atoms with E-state index in [1.54, 1.807) is 0 Å². The molecule has 1 aromatic carbocycles. The summed E-state index contributed by atoms with van der Waals surface area (Å²) in [7, 11) is 0. The SMILES string of the molecule is O=C(CN1CCCC2CNCC21)Nc1ccccc1. The molecule has 0 bridgehead atoms. The van der Waals surface area contributed by atoms with Crippen LogP contribution in [0.2, 0.25) is 0 Å². The molecule has 2 N–H and O–H groups in total. The van der Waals surface area contributed by atoms with Gasteiger partial charge >= 0.3 is 0 Å². The first-order valence-corrected chi connectivity index (χ1v) is 7.12. The van der Waals surface area contributed by atoms with Gasteiger partial charge in [-0.3, -0.25) is 9.69 Å². The normalized spacial score (nSPS) is 26.9. The second-order valence-corrected chi connectivity index (χ2v) is 5.51. The molecule has 4 heteroatoms. The summed E-state index contributed by atoms with van der Waals surface area (Å²) in [6, 6.07) is 10.2. The third kappa shape index (κ3) is 2.96. The summed E-state index contributed by atoms with van der Waals surface area (Å²) in [6.45, 7) is 3.70. The highest BCUT2D eigenvalue weighted by Gasteiger charge is 2.35. The average molecular weight is 259 g/mol. The van der Waals surface area contributed by atoms with Crippen LogP contribution in [-0.4, -0.2) is 43.0 Å². The maximum atomic E-state index is 12.1. The lowest BCUT2D eigenvalue weighted by Crippen LogP contribution is -2.48. The summed E-state index contributed by atoms with van der Waals surface area (Å²) in [6.07, 6.45) is 2.51. The van der Waals surface area contributed by atoms with Gasteiger partial charge in [0.15, 0.2) is 0 Å². The number of amides is 1. The zero-order valence-corrected chi connectivity index (χ0v) is 11.1. The first-order chi connectivity index (χ1) is 9.33. The smallest absolute Gasteiger partial charge is 0.238 e. The maximum absolute atomic E-state index is 12.1. The van der Waals surface area contributed by atoms with E-state index >= 15 is 0 Å². The number of rotatable bonds is 3. The number of likely N-dealkylation sites (tertiary alicyclic amines) is 1. The number of carbonyl (C=O) groups is 1. The largest absolute Gasteiger partial charge is 0.325 e. The Morgan fingerprint density at radius 2 is 2.16 bits per heavy atom. The van der Waals surface area contributed by atoms with E-state index in [0.717, 1.165) is 31.2 Å². The minimum Gasteiger partial charge on any atom is -0.325 e. The van der Waals surface area contributed by atoms with E-state index in [0.29, 0.717) is 12.6 Å². The van der Waals surface area contributed by atoms with Gasteiger partial charge in [-0.15, -0.1) is 0 Å². The fourth-order valence-electron chi connectivity index (χ4n) is 3.27. The van der Waals surface area contributed by atoms with E-state index in [1.165, 1.54) is 12.8 Å². The number of carbonyl (C=O) groups excluding carboxylic acids is 1. The molecule has 1 amide bonds. The number of fused-ring (bicyclic) bond motifs is 1. The van der Waals surface area contributed by atoms with Crippen molar-refractivity contribution >= 4 is 11.6 Å². The van der Waals surface area contributed by atoms with Crippen molar-refractivity contribution in [1.82, 2.24) is 10.2 Å². The predicted molar refractivity (Wildman–Crippen MR) is 76.0 cm³/mol. The third-order valence-electron chi connectivity index (χ3n) is 4.20. The standard InChI is InChI=1S/C15H21N3O/c19-15(17-13-6-2-1-3-7-13)11-18-8-4-5-12-9-16-10-14(12)18/h1-3,6-7,12,14,16H,4-5,8-11H2,(H,17,19). The summed E-state index contributed by atoms with van der Waals surface area (Å²) in [5.74, 6) is 0.831. The van der Waals surface area contributed by atoms with Crippen LogP contribution < -0.4 is 10.6 Å². The quantitative estimate of drug-likeness (QED) is 0.860. The number of benzene rings is 1. The van der Waals surface area contributed by atoms with Gasteiger partial charge in [-0.05, 0) is 44.0 Å². The molecule has 19 heavy (non-hydrogen) atoms. The van der Waals surface area contributed by atoms with Gasteiger partial charge in [-0.2, -0.15) is 0 Å². The molecule has 2 saturated heterocycles.